The third-order valence-electron chi connectivity index (χ3n) is 6.76. The number of nitrogens with one attached hydrogen (secondary N) is 4. The van der Waals surface area contributed by atoms with Crippen LogP contribution in [0.25, 0.3) is 0 Å². The van der Waals surface area contributed by atoms with Crippen molar-refractivity contribution in [3.8, 4) is 0 Å². The van der Waals surface area contributed by atoms with Crippen molar-refractivity contribution in [1.82, 2.24) is 21.3 Å². The number of benzene rings is 4. The van der Waals surface area contributed by atoms with E-state index in [0.29, 0.717) is 26.1 Å². The van der Waals surface area contributed by atoms with Crippen molar-refractivity contribution in [3.05, 3.63) is 143 Å². The number of guanidine groups is 1. The van der Waals surface area contributed by atoms with Crippen molar-refractivity contribution in [1.29, 1.82) is 0 Å². The molecule has 0 radical (unpaired) electrons. The minimum Gasteiger partial charge on any atom is -0.370 e. The number of carbonyl (C=O) groups excluding carboxylic acids is 2. The molecule has 3 amide bonds. The molecule has 1 atom stereocenters. The smallest absolute Gasteiger partial charge is 0.321 e. The van der Waals surface area contributed by atoms with Gasteiger partial charge in [-0.25, -0.2) is 9.79 Å². The van der Waals surface area contributed by atoms with Crippen molar-refractivity contribution in [2.24, 2.45) is 16.5 Å². The van der Waals surface area contributed by atoms with Crippen LogP contribution in [0.4, 0.5) is 4.79 Å². The molecule has 0 aliphatic rings. The van der Waals surface area contributed by atoms with Gasteiger partial charge in [0, 0.05) is 19.6 Å². The Morgan fingerprint density at radius 3 is 1.84 bits per heavy atom. The zero-order valence-electron chi connectivity index (χ0n) is 25.4. The number of urea groups is 1. The molecule has 0 aromatic heterocycles. The summed E-state index contributed by atoms with van der Waals surface area (Å²) in [6.45, 7) is 1.82. The van der Waals surface area contributed by atoms with Crippen LogP contribution in [0.3, 0.4) is 0 Å². The Morgan fingerprint density at radius 1 is 0.682 bits per heavy atom. The summed E-state index contributed by atoms with van der Waals surface area (Å²) in [7, 11) is 3.39. The van der Waals surface area contributed by atoms with Gasteiger partial charge in [-0.3, -0.25) is 10.1 Å². The van der Waals surface area contributed by atoms with Gasteiger partial charge in [-0.15, -0.1) is 0 Å². The molecule has 9 heteroatoms. The van der Waals surface area contributed by atoms with Gasteiger partial charge in [0.1, 0.15) is 0 Å². The number of carbonyl (C=O) groups is 2. The first-order valence-electron chi connectivity index (χ1n) is 14.6. The van der Waals surface area contributed by atoms with Crippen LogP contribution < -0.4 is 32.7 Å². The Morgan fingerprint density at radius 2 is 1.20 bits per heavy atom. The van der Waals surface area contributed by atoms with Crippen LogP contribution in [-0.2, 0) is 37.4 Å². The molecule has 0 heterocycles. The molecule has 0 saturated heterocycles. The van der Waals surface area contributed by atoms with E-state index in [1.165, 1.54) is 7.05 Å². The highest BCUT2D eigenvalue weighted by atomic mass is 16.2. The summed E-state index contributed by atoms with van der Waals surface area (Å²) in [5.41, 5.74) is 16.6. The molecular weight excluding hydrogens is 550 g/mol. The first-order chi connectivity index (χ1) is 21.5. The molecule has 0 aliphatic carbocycles. The monoisotopic (exact) mass is 593 g/mol. The maximum Gasteiger partial charge on any atom is 0.321 e. The first-order valence-corrected chi connectivity index (χ1v) is 14.6. The Bertz CT molecular complexity index is 1480. The van der Waals surface area contributed by atoms with E-state index in [2.05, 4.69) is 32.0 Å². The SMILES string of the molecule is CN.CNCc1cccc(CNC(=O)NC(N)=NCc2cccc(CNC(=O)C(Cc3ccccc3)c3ccccc3)c2)c1. The van der Waals surface area contributed by atoms with E-state index in [9.17, 15) is 9.59 Å². The van der Waals surface area contributed by atoms with Crippen LogP contribution in [0.15, 0.2) is 114 Å². The molecule has 0 aliphatic heterocycles. The van der Waals surface area contributed by atoms with Crippen molar-refractivity contribution in [2.45, 2.75) is 38.5 Å². The van der Waals surface area contributed by atoms with Gasteiger partial charge in [0.05, 0.1) is 12.5 Å². The molecule has 0 spiro atoms. The number of hydrogen-bond acceptors (Lipinski definition) is 5. The number of rotatable bonds is 12. The summed E-state index contributed by atoms with van der Waals surface area (Å²) in [5, 5.41) is 11.6. The van der Waals surface area contributed by atoms with Gasteiger partial charge >= 0.3 is 6.03 Å². The topological polar surface area (TPSA) is 147 Å². The van der Waals surface area contributed by atoms with Crippen LogP contribution in [0.5, 0.6) is 0 Å². The van der Waals surface area contributed by atoms with Crippen molar-refractivity contribution < 1.29 is 9.59 Å². The quantitative estimate of drug-likeness (QED) is 0.109. The van der Waals surface area contributed by atoms with E-state index in [1.54, 1.807) is 0 Å². The normalized spacial score (nSPS) is 11.5. The minimum atomic E-state index is -0.421. The predicted octanol–water partition coefficient (Wildman–Crippen LogP) is 3.94. The molecule has 1 unspecified atom stereocenters. The molecule has 8 N–H and O–H groups in total. The van der Waals surface area contributed by atoms with Gasteiger partial charge in [-0.2, -0.15) is 0 Å². The lowest BCUT2D eigenvalue weighted by atomic mass is 9.91. The molecule has 4 aromatic rings. The fraction of sp³-hybridized carbons (Fsp3) is 0.229. The standard InChI is InChI=1S/C34H38N6O2.CH5N/c1-36-21-26-12-8-15-29(18-26)24-39-34(42)40-33(35)38-23-28-14-9-13-27(19-28)22-37-32(41)31(30-16-6-3-7-17-30)20-25-10-4-2-5-11-25;1-2/h2-19,31,36H,20-24H2,1H3,(H,37,41)(H4,35,38,39,40,42);2H2,1H3. The second-order valence-corrected chi connectivity index (χ2v) is 10.1. The van der Waals surface area contributed by atoms with E-state index in [4.69, 9.17) is 5.73 Å². The van der Waals surface area contributed by atoms with Crippen LogP contribution >= 0.6 is 0 Å². The average Bonchev–Trinajstić information content (AvgIpc) is 3.06. The molecule has 0 fully saturated rings. The lowest BCUT2D eigenvalue weighted by Gasteiger charge is -2.18. The molecular formula is C35H43N7O2. The summed E-state index contributed by atoms with van der Waals surface area (Å²) in [4.78, 5) is 29.9. The molecule has 230 valence electrons. The third kappa shape index (κ3) is 11.4. The maximum absolute atomic E-state index is 13.3. The van der Waals surface area contributed by atoms with Gasteiger partial charge in [0.2, 0.25) is 5.91 Å². The lowest BCUT2D eigenvalue weighted by molar-refractivity contribution is -0.122. The Labute approximate surface area is 260 Å². The fourth-order valence-corrected chi connectivity index (χ4v) is 4.66. The van der Waals surface area contributed by atoms with Crippen molar-refractivity contribution in [3.63, 3.8) is 0 Å². The summed E-state index contributed by atoms with van der Waals surface area (Å²) in [6.07, 6.45) is 0.619. The van der Waals surface area contributed by atoms with E-state index in [0.717, 1.165) is 39.9 Å². The minimum absolute atomic E-state index is 0.0262. The number of aliphatic imine (C=N–C) groups is 1. The maximum atomic E-state index is 13.3. The van der Waals surface area contributed by atoms with Gasteiger partial charge in [-0.1, -0.05) is 109 Å². The van der Waals surface area contributed by atoms with Gasteiger partial charge in [0.15, 0.2) is 5.96 Å². The number of nitrogens with zero attached hydrogens (tertiary/aromatic N) is 1. The van der Waals surface area contributed by atoms with E-state index >= 15 is 0 Å². The highest BCUT2D eigenvalue weighted by Gasteiger charge is 2.20. The summed E-state index contributed by atoms with van der Waals surface area (Å²) in [6, 6.07) is 35.2. The molecule has 0 saturated carbocycles. The molecule has 0 bridgehead atoms. The average molecular weight is 594 g/mol. The van der Waals surface area contributed by atoms with Gasteiger partial charge in [0.25, 0.3) is 0 Å². The number of hydrogen-bond donors (Lipinski definition) is 6. The molecule has 9 nitrogen and oxygen atoms in total. The highest BCUT2D eigenvalue weighted by molar-refractivity contribution is 5.95. The highest BCUT2D eigenvalue weighted by Crippen LogP contribution is 2.21. The van der Waals surface area contributed by atoms with Crippen LogP contribution in [-0.4, -0.2) is 32.0 Å². The largest absolute Gasteiger partial charge is 0.370 e. The number of amides is 3. The van der Waals surface area contributed by atoms with E-state index in [1.807, 2.05) is 116 Å². The molecule has 44 heavy (non-hydrogen) atoms. The second-order valence-electron chi connectivity index (χ2n) is 10.1. The van der Waals surface area contributed by atoms with Gasteiger partial charge in [-0.05, 0) is 53.9 Å². The lowest BCUT2D eigenvalue weighted by Crippen LogP contribution is -2.43. The molecule has 4 rings (SSSR count). The van der Waals surface area contributed by atoms with Crippen molar-refractivity contribution in [2.75, 3.05) is 14.1 Å². The van der Waals surface area contributed by atoms with E-state index in [-0.39, 0.29) is 17.8 Å². The third-order valence-corrected chi connectivity index (χ3v) is 6.76. The summed E-state index contributed by atoms with van der Waals surface area (Å²) >= 11 is 0. The van der Waals surface area contributed by atoms with Crippen LogP contribution in [0, 0.1) is 0 Å². The first kappa shape index (κ1) is 33.5. The molecule has 4 aromatic carbocycles. The Kier molecular flexibility index (Phi) is 14.1. The summed E-state index contributed by atoms with van der Waals surface area (Å²) in [5.74, 6) is -0.292. The van der Waals surface area contributed by atoms with Gasteiger partial charge < -0.3 is 27.4 Å². The fourth-order valence-electron chi connectivity index (χ4n) is 4.66. The van der Waals surface area contributed by atoms with E-state index < -0.39 is 6.03 Å². The van der Waals surface area contributed by atoms with Crippen LogP contribution in [0.2, 0.25) is 0 Å². The zero-order chi connectivity index (χ0) is 31.6. The Balaban J connectivity index is 0.00000259. The predicted molar refractivity (Wildman–Crippen MR) is 178 cm³/mol. The Hall–Kier alpha value is -4.99. The second kappa shape index (κ2) is 18.5. The van der Waals surface area contributed by atoms with Crippen LogP contribution in [0.1, 0.15) is 39.3 Å². The number of nitrogens with two attached hydrogens (primary N) is 2. The zero-order valence-corrected chi connectivity index (χ0v) is 25.4. The van der Waals surface area contributed by atoms with Crippen molar-refractivity contribution >= 4 is 17.9 Å². The summed E-state index contributed by atoms with van der Waals surface area (Å²) < 4.78 is 0.